The van der Waals surface area contributed by atoms with E-state index in [9.17, 15) is 14.4 Å². The Morgan fingerprint density at radius 3 is 2.35 bits per heavy atom. The Bertz CT molecular complexity index is 311. The molecule has 6 heteroatoms. The van der Waals surface area contributed by atoms with Crippen molar-refractivity contribution in [1.29, 1.82) is 0 Å². The minimum atomic E-state index is -0.659. The number of esters is 2. The molecule has 0 aromatic carbocycles. The number of ether oxygens (including phenoxy) is 2. The van der Waals surface area contributed by atoms with Gasteiger partial charge in [-0.1, -0.05) is 6.92 Å². The second kappa shape index (κ2) is 8.32. The van der Waals surface area contributed by atoms with Crippen molar-refractivity contribution in [3.63, 3.8) is 0 Å². The third kappa shape index (κ3) is 8.01. The molecule has 1 N–H and O–H groups in total. The topological polar surface area (TPSA) is 81.7 Å². The van der Waals surface area contributed by atoms with Crippen molar-refractivity contribution in [1.82, 2.24) is 5.32 Å². The van der Waals surface area contributed by atoms with Crippen LogP contribution in [-0.4, -0.2) is 37.6 Å². The molecule has 0 aliphatic rings. The van der Waals surface area contributed by atoms with Crippen molar-refractivity contribution in [3.05, 3.63) is 12.2 Å². The fourth-order valence-electron chi connectivity index (χ4n) is 0.878. The molecule has 0 spiro atoms. The molecule has 0 aromatic rings. The number of methoxy groups -OCH3 is 1. The van der Waals surface area contributed by atoms with Crippen LogP contribution in [0.3, 0.4) is 0 Å². The maximum atomic E-state index is 11.1. The van der Waals surface area contributed by atoms with E-state index in [1.165, 1.54) is 7.11 Å². The lowest BCUT2D eigenvalue weighted by molar-refractivity contribution is -0.140. The van der Waals surface area contributed by atoms with Crippen molar-refractivity contribution in [2.45, 2.75) is 26.3 Å². The monoisotopic (exact) mass is 243 g/mol. The van der Waals surface area contributed by atoms with Crippen LogP contribution in [0.25, 0.3) is 0 Å². The molecule has 0 saturated carbocycles. The standard InChI is InChI=1S/C11H17NO5/c1-4-9(13)12-8(2)7-17-11(15)6-5-10(14)16-3/h5-6,8H,4,7H2,1-3H3,(H,12,13)/b6-5+. The number of hydrogen-bond donors (Lipinski definition) is 1. The summed E-state index contributed by atoms with van der Waals surface area (Å²) in [5.74, 6) is -1.40. The molecule has 0 fully saturated rings. The first-order valence-corrected chi connectivity index (χ1v) is 5.21. The van der Waals surface area contributed by atoms with Crippen LogP contribution in [0.2, 0.25) is 0 Å². The molecule has 1 unspecified atom stereocenters. The highest BCUT2D eigenvalue weighted by Gasteiger charge is 2.07. The summed E-state index contributed by atoms with van der Waals surface area (Å²) in [5.41, 5.74) is 0. The van der Waals surface area contributed by atoms with Crippen LogP contribution < -0.4 is 5.32 Å². The Hall–Kier alpha value is -1.85. The summed E-state index contributed by atoms with van der Waals surface area (Å²) < 4.78 is 9.10. The minimum absolute atomic E-state index is 0.0517. The number of nitrogens with one attached hydrogen (secondary N) is 1. The van der Waals surface area contributed by atoms with E-state index >= 15 is 0 Å². The molecular formula is C11H17NO5. The summed E-state index contributed by atoms with van der Waals surface area (Å²) >= 11 is 0. The Balaban J connectivity index is 3.87. The Morgan fingerprint density at radius 2 is 1.82 bits per heavy atom. The highest BCUT2D eigenvalue weighted by molar-refractivity contribution is 5.91. The molecule has 1 atom stereocenters. The molecule has 0 aliphatic carbocycles. The third-order valence-corrected chi connectivity index (χ3v) is 1.76. The van der Waals surface area contributed by atoms with Crippen molar-refractivity contribution in [2.75, 3.05) is 13.7 Å². The molecular weight excluding hydrogens is 226 g/mol. The van der Waals surface area contributed by atoms with Gasteiger partial charge in [-0.2, -0.15) is 0 Å². The lowest BCUT2D eigenvalue weighted by Crippen LogP contribution is -2.35. The molecule has 0 saturated heterocycles. The maximum Gasteiger partial charge on any atom is 0.331 e. The van der Waals surface area contributed by atoms with E-state index in [2.05, 4.69) is 10.1 Å². The van der Waals surface area contributed by atoms with Gasteiger partial charge in [0, 0.05) is 18.6 Å². The SMILES string of the molecule is CCC(=O)NC(C)COC(=O)/C=C/C(=O)OC. The average Bonchev–Trinajstić information content (AvgIpc) is 2.32. The first-order chi connectivity index (χ1) is 7.99. The van der Waals surface area contributed by atoms with E-state index in [0.717, 1.165) is 12.2 Å². The molecule has 0 heterocycles. The largest absolute Gasteiger partial charge is 0.466 e. The molecule has 0 aromatic heterocycles. The van der Waals surface area contributed by atoms with Crippen molar-refractivity contribution in [2.24, 2.45) is 0 Å². The van der Waals surface area contributed by atoms with Crippen molar-refractivity contribution < 1.29 is 23.9 Å². The first kappa shape index (κ1) is 15.2. The van der Waals surface area contributed by atoms with Gasteiger partial charge in [0.15, 0.2) is 0 Å². The van der Waals surface area contributed by atoms with Gasteiger partial charge in [0.1, 0.15) is 6.61 Å². The average molecular weight is 243 g/mol. The van der Waals surface area contributed by atoms with E-state index in [1.807, 2.05) is 0 Å². The Morgan fingerprint density at radius 1 is 1.24 bits per heavy atom. The third-order valence-electron chi connectivity index (χ3n) is 1.76. The van der Waals surface area contributed by atoms with Crippen molar-refractivity contribution in [3.8, 4) is 0 Å². The zero-order valence-electron chi connectivity index (χ0n) is 10.2. The van der Waals surface area contributed by atoms with Gasteiger partial charge in [-0.25, -0.2) is 9.59 Å². The second-order valence-electron chi connectivity index (χ2n) is 3.31. The van der Waals surface area contributed by atoms with Gasteiger partial charge in [-0.05, 0) is 6.92 Å². The maximum absolute atomic E-state index is 11.1. The fraction of sp³-hybridized carbons (Fsp3) is 0.545. The smallest absolute Gasteiger partial charge is 0.331 e. The minimum Gasteiger partial charge on any atom is -0.466 e. The van der Waals surface area contributed by atoms with Gasteiger partial charge >= 0.3 is 11.9 Å². The van der Waals surface area contributed by atoms with Gasteiger partial charge in [0.05, 0.1) is 13.2 Å². The van der Waals surface area contributed by atoms with Crippen LogP contribution >= 0.6 is 0 Å². The molecule has 17 heavy (non-hydrogen) atoms. The van der Waals surface area contributed by atoms with Gasteiger partial charge in [0.2, 0.25) is 5.91 Å². The van der Waals surface area contributed by atoms with Crippen LogP contribution in [0.1, 0.15) is 20.3 Å². The summed E-state index contributed by atoms with van der Waals surface area (Å²) in [6, 6.07) is -0.266. The highest BCUT2D eigenvalue weighted by atomic mass is 16.5. The molecule has 0 aliphatic heterocycles. The van der Waals surface area contributed by atoms with Crippen LogP contribution in [0.4, 0.5) is 0 Å². The predicted octanol–water partition coefficient (Wildman–Crippen LogP) is 0.173. The zero-order valence-corrected chi connectivity index (χ0v) is 10.2. The van der Waals surface area contributed by atoms with Crippen LogP contribution in [0.5, 0.6) is 0 Å². The molecule has 1 amide bonds. The number of rotatable bonds is 6. The summed E-state index contributed by atoms with van der Waals surface area (Å²) in [7, 11) is 1.21. The summed E-state index contributed by atoms with van der Waals surface area (Å²) in [6.07, 6.45) is 2.32. The summed E-state index contributed by atoms with van der Waals surface area (Å²) in [5, 5.41) is 2.63. The first-order valence-electron chi connectivity index (χ1n) is 5.21. The summed E-state index contributed by atoms with van der Waals surface area (Å²) in [4.78, 5) is 32.8. The van der Waals surface area contributed by atoms with E-state index in [-0.39, 0.29) is 18.6 Å². The lowest BCUT2D eigenvalue weighted by Gasteiger charge is -2.12. The second-order valence-corrected chi connectivity index (χ2v) is 3.31. The molecule has 6 nitrogen and oxygen atoms in total. The van der Waals surface area contributed by atoms with Gasteiger partial charge in [0.25, 0.3) is 0 Å². The van der Waals surface area contributed by atoms with Gasteiger partial charge in [-0.15, -0.1) is 0 Å². The number of carbonyl (C=O) groups is 3. The van der Waals surface area contributed by atoms with E-state index in [0.29, 0.717) is 6.42 Å². The molecule has 96 valence electrons. The van der Waals surface area contributed by atoms with Gasteiger partial charge in [-0.3, -0.25) is 4.79 Å². The lowest BCUT2D eigenvalue weighted by atomic mass is 10.3. The highest BCUT2D eigenvalue weighted by Crippen LogP contribution is 1.89. The van der Waals surface area contributed by atoms with E-state index in [1.54, 1.807) is 13.8 Å². The van der Waals surface area contributed by atoms with Crippen LogP contribution in [0.15, 0.2) is 12.2 Å². The Labute approximate surface area is 100.0 Å². The summed E-state index contributed by atoms with van der Waals surface area (Å²) in [6.45, 7) is 3.49. The Kier molecular flexibility index (Phi) is 7.41. The van der Waals surface area contributed by atoms with E-state index < -0.39 is 11.9 Å². The molecule has 0 bridgehead atoms. The zero-order chi connectivity index (χ0) is 13.3. The normalized spacial score (nSPS) is 11.9. The van der Waals surface area contributed by atoms with Crippen molar-refractivity contribution >= 4 is 17.8 Å². The number of amides is 1. The predicted molar refractivity (Wildman–Crippen MR) is 60.0 cm³/mol. The quantitative estimate of drug-likeness (QED) is 0.531. The van der Waals surface area contributed by atoms with Crippen LogP contribution in [-0.2, 0) is 23.9 Å². The molecule has 0 radical (unpaired) electrons. The van der Waals surface area contributed by atoms with Gasteiger partial charge < -0.3 is 14.8 Å². The van der Waals surface area contributed by atoms with Crippen LogP contribution in [0, 0.1) is 0 Å². The number of hydrogen-bond acceptors (Lipinski definition) is 5. The van der Waals surface area contributed by atoms with E-state index in [4.69, 9.17) is 4.74 Å². The fourth-order valence-corrected chi connectivity index (χ4v) is 0.878. The number of carbonyl (C=O) groups excluding carboxylic acids is 3. The molecule has 0 rings (SSSR count).